The lowest BCUT2D eigenvalue weighted by Gasteiger charge is -2.27. The van der Waals surface area contributed by atoms with Crippen molar-refractivity contribution in [2.75, 3.05) is 20.7 Å². The van der Waals surface area contributed by atoms with Gasteiger partial charge in [0.25, 0.3) is 0 Å². The van der Waals surface area contributed by atoms with E-state index in [1.807, 2.05) is 12.1 Å². The Balaban J connectivity index is 2.12. The summed E-state index contributed by atoms with van der Waals surface area (Å²) in [5.41, 5.74) is 9.80. The van der Waals surface area contributed by atoms with Crippen LogP contribution in [0.15, 0.2) is 48.5 Å². The van der Waals surface area contributed by atoms with Crippen molar-refractivity contribution in [2.45, 2.75) is 19.5 Å². The van der Waals surface area contributed by atoms with Gasteiger partial charge in [0.05, 0.1) is 7.11 Å². The molecular formula is C18H24N2O. The van der Waals surface area contributed by atoms with Gasteiger partial charge in [-0.1, -0.05) is 42.0 Å². The number of rotatable bonds is 6. The van der Waals surface area contributed by atoms with Gasteiger partial charge in [-0.15, -0.1) is 0 Å². The van der Waals surface area contributed by atoms with E-state index in [1.165, 1.54) is 16.7 Å². The fraction of sp³-hybridized carbons (Fsp3) is 0.333. The van der Waals surface area contributed by atoms with Crippen LogP contribution in [0, 0.1) is 6.92 Å². The van der Waals surface area contributed by atoms with Gasteiger partial charge in [-0.05, 0) is 37.2 Å². The average Bonchev–Trinajstić information content (AvgIpc) is 2.48. The van der Waals surface area contributed by atoms with Crippen molar-refractivity contribution in [3.8, 4) is 5.75 Å². The van der Waals surface area contributed by atoms with Gasteiger partial charge < -0.3 is 10.5 Å². The van der Waals surface area contributed by atoms with E-state index in [1.54, 1.807) is 7.11 Å². The predicted molar refractivity (Wildman–Crippen MR) is 87.4 cm³/mol. The third kappa shape index (κ3) is 4.06. The van der Waals surface area contributed by atoms with E-state index in [0.29, 0.717) is 6.54 Å². The van der Waals surface area contributed by atoms with Crippen LogP contribution in [0.1, 0.15) is 22.7 Å². The van der Waals surface area contributed by atoms with E-state index in [4.69, 9.17) is 10.5 Å². The monoisotopic (exact) mass is 284 g/mol. The molecule has 0 saturated heterocycles. The van der Waals surface area contributed by atoms with Crippen LogP contribution in [0.3, 0.4) is 0 Å². The molecule has 0 radical (unpaired) electrons. The number of benzene rings is 2. The SMILES string of the molecule is COc1ccc(C(CN)N(C)Cc2cccc(C)c2)cc1. The van der Waals surface area contributed by atoms with E-state index >= 15 is 0 Å². The first-order chi connectivity index (χ1) is 10.1. The molecular weight excluding hydrogens is 260 g/mol. The lowest BCUT2D eigenvalue weighted by molar-refractivity contribution is 0.241. The summed E-state index contributed by atoms with van der Waals surface area (Å²) in [6.07, 6.45) is 0. The van der Waals surface area contributed by atoms with Crippen LogP contribution >= 0.6 is 0 Å². The van der Waals surface area contributed by atoms with E-state index in [9.17, 15) is 0 Å². The van der Waals surface area contributed by atoms with E-state index in [-0.39, 0.29) is 6.04 Å². The minimum absolute atomic E-state index is 0.205. The highest BCUT2D eigenvalue weighted by Crippen LogP contribution is 2.23. The molecule has 0 bridgehead atoms. The Bertz CT molecular complexity index is 566. The van der Waals surface area contributed by atoms with Crippen molar-refractivity contribution in [2.24, 2.45) is 5.73 Å². The van der Waals surface area contributed by atoms with Crippen LogP contribution in [0.2, 0.25) is 0 Å². The first-order valence-corrected chi connectivity index (χ1v) is 7.24. The van der Waals surface area contributed by atoms with Crippen LogP contribution in [-0.2, 0) is 6.54 Å². The van der Waals surface area contributed by atoms with Crippen LogP contribution in [0.4, 0.5) is 0 Å². The van der Waals surface area contributed by atoms with E-state index in [2.05, 4.69) is 55.3 Å². The van der Waals surface area contributed by atoms with Gasteiger partial charge in [0.1, 0.15) is 5.75 Å². The Morgan fingerprint density at radius 1 is 1.14 bits per heavy atom. The number of nitrogens with two attached hydrogens (primary N) is 1. The molecule has 2 N–H and O–H groups in total. The highest BCUT2D eigenvalue weighted by molar-refractivity contribution is 5.29. The summed E-state index contributed by atoms with van der Waals surface area (Å²) in [6.45, 7) is 3.59. The maximum atomic E-state index is 5.99. The molecule has 1 atom stereocenters. The van der Waals surface area contributed by atoms with Crippen molar-refractivity contribution < 1.29 is 4.74 Å². The summed E-state index contributed by atoms with van der Waals surface area (Å²) in [4.78, 5) is 2.29. The number of nitrogens with zero attached hydrogens (tertiary/aromatic N) is 1. The van der Waals surface area contributed by atoms with Gasteiger partial charge in [0.2, 0.25) is 0 Å². The van der Waals surface area contributed by atoms with Gasteiger partial charge >= 0.3 is 0 Å². The molecule has 3 nitrogen and oxygen atoms in total. The lowest BCUT2D eigenvalue weighted by atomic mass is 10.0. The standard InChI is InChI=1S/C18H24N2O/c1-14-5-4-6-15(11-14)13-20(2)18(12-19)16-7-9-17(21-3)10-8-16/h4-11,18H,12-13,19H2,1-3H3. The Labute approximate surface area is 127 Å². The molecule has 0 spiro atoms. The zero-order valence-corrected chi connectivity index (χ0v) is 13.0. The van der Waals surface area contributed by atoms with Crippen molar-refractivity contribution in [1.29, 1.82) is 0 Å². The van der Waals surface area contributed by atoms with Crippen LogP contribution in [-0.4, -0.2) is 25.6 Å². The first kappa shape index (κ1) is 15.5. The molecule has 0 aromatic heterocycles. The molecule has 2 rings (SSSR count). The normalized spacial score (nSPS) is 12.4. The topological polar surface area (TPSA) is 38.5 Å². The summed E-state index contributed by atoms with van der Waals surface area (Å²) in [5, 5.41) is 0. The number of likely N-dealkylation sites (N-methyl/N-ethyl adjacent to an activating group) is 1. The molecule has 0 amide bonds. The maximum absolute atomic E-state index is 5.99. The first-order valence-electron chi connectivity index (χ1n) is 7.24. The van der Waals surface area contributed by atoms with Crippen molar-refractivity contribution in [3.63, 3.8) is 0 Å². The molecule has 2 aromatic carbocycles. The maximum Gasteiger partial charge on any atom is 0.118 e. The van der Waals surface area contributed by atoms with Crippen molar-refractivity contribution in [3.05, 3.63) is 65.2 Å². The quantitative estimate of drug-likeness (QED) is 0.885. The number of hydrogen-bond donors (Lipinski definition) is 1. The molecule has 0 aliphatic carbocycles. The number of methoxy groups -OCH3 is 1. The van der Waals surface area contributed by atoms with Gasteiger partial charge in [-0.3, -0.25) is 4.90 Å². The Kier molecular flexibility index (Phi) is 5.37. The molecule has 3 heteroatoms. The molecule has 0 aliphatic heterocycles. The highest BCUT2D eigenvalue weighted by atomic mass is 16.5. The summed E-state index contributed by atoms with van der Waals surface area (Å²) in [6, 6.07) is 16.9. The van der Waals surface area contributed by atoms with Gasteiger partial charge in [0.15, 0.2) is 0 Å². The smallest absolute Gasteiger partial charge is 0.118 e. The molecule has 2 aromatic rings. The Morgan fingerprint density at radius 2 is 1.86 bits per heavy atom. The summed E-state index contributed by atoms with van der Waals surface area (Å²) in [7, 11) is 3.80. The second-order valence-electron chi connectivity index (χ2n) is 5.43. The summed E-state index contributed by atoms with van der Waals surface area (Å²) < 4.78 is 5.21. The largest absolute Gasteiger partial charge is 0.497 e. The van der Waals surface area contributed by atoms with E-state index in [0.717, 1.165) is 12.3 Å². The molecule has 21 heavy (non-hydrogen) atoms. The fourth-order valence-electron chi connectivity index (χ4n) is 2.61. The second kappa shape index (κ2) is 7.25. The predicted octanol–water partition coefficient (Wildman–Crippen LogP) is 3.14. The minimum atomic E-state index is 0.205. The minimum Gasteiger partial charge on any atom is -0.497 e. The number of ether oxygens (including phenoxy) is 1. The number of hydrogen-bond acceptors (Lipinski definition) is 3. The van der Waals surface area contributed by atoms with Gasteiger partial charge in [-0.2, -0.15) is 0 Å². The third-order valence-electron chi connectivity index (χ3n) is 3.77. The molecule has 0 saturated carbocycles. The molecule has 0 fully saturated rings. The van der Waals surface area contributed by atoms with E-state index < -0.39 is 0 Å². The van der Waals surface area contributed by atoms with Gasteiger partial charge in [-0.25, -0.2) is 0 Å². The number of aryl methyl sites for hydroxylation is 1. The molecule has 0 aliphatic rings. The van der Waals surface area contributed by atoms with Crippen molar-refractivity contribution in [1.82, 2.24) is 4.90 Å². The summed E-state index contributed by atoms with van der Waals surface area (Å²) in [5.74, 6) is 0.871. The molecule has 112 valence electrons. The second-order valence-corrected chi connectivity index (χ2v) is 5.43. The fourth-order valence-corrected chi connectivity index (χ4v) is 2.61. The lowest BCUT2D eigenvalue weighted by Crippen LogP contribution is -2.30. The van der Waals surface area contributed by atoms with Crippen LogP contribution < -0.4 is 10.5 Å². The zero-order valence-electron chi connectivity index (χ0n) is 13.0. The van der Waals surface area contributed by atoms with Crippen molar-refractivity contribution >= 4 is 0 Å². The van der Waals surface area contributed by atoms with Crippen LogP contribution in [0.25, 0.3) is 0 Å². The summed E-state index contributed by atoms with van der Waals surface area (Å²) >= 11 is 0. The third-order valence-corrected chi connectivity index (χ3v) is 3.77. The Morgan fingerprint density at radius 3 is 2.43 bits per heavy atom. The van der Waals surface area contributed by atoms with Gasteiger partial charge in [0, 0.05) is 19.1 Å². The zero-order chi connectivity index (χ0) is 15.2. The molecule has 0 heterocycles. The highest BCUT2D eigenvalue weighted by Gasteiger charge is 2.15. The Hall–Kier alpha value is -1.84. The average molecular weight is 284 g/mol. The van der Waals surface area contributed by atoms with Crippen LogP contribution in [0.5, 0.6) is 5.75 Å². The molecule has 1 unspecified atom stereocenters.